The van der Waals surface area contributed by atoms with Crippen LogP contribution in [0.15, 0.2) is 65.6 Å². The summed E-state index contributed by atoms with van der Waals surface area (Å²) in [5, 5.41) is 2.90. The van der Waals surface area contributed by atoms with Gasteiger partial charge in [0.1, 0.15) is 11.6 Å². The molecular weight excluding hydrogens is 496 g/mol. The third kappa shape index (κ3) is 5.94. The molecule has 4 aromatic rings. The number of aromatic nitrogens is 2. The van der Waals surface area contributed by atoms with Crippen LogP contribution >= 0.6 is 0 Å². The lowest BCUT2D eigenvalue weighted by atomic mass is 10.1. The first kappa shape index (κ1) is 26.6. The number of ether oxygens (including phenoxy) is 1. The van der Waals surface area contributed by atoms with E-state index in [1.54, 1.807) is 38.1 Å². The van der Waals surface area contributed by atoms with Gasteiger partial charge in [-0.1, -0.05) is 12.1 Å². The second-order valence-corrected chi connectivity index (χ2v) is 10.8. The van der Waals surface area contributed by atoms with E-state index >= 15 is 0 Å². The molecule has 6 nitrogen and oxygen atoms in total. The van der Waals surface area contributed by atoms with E-state index in [0.717, 1.165) is 28.1 Å². The maximum atomic E-state index is 14.2. The highest BCUT2D eigenvalue weighted by Crippen LogP contribution is 2.32. The van der Waals surface area contributed by atoms with Gasteiger partial charge in [-0.2, -0.15) is 0 Å². The summed E-state index contributed by atoms with van der Waals surface area (Å²) in [6.07, 6.45) is 0.176. The van der Waals surface area contributed by atoms with Gasteiger partial charge < -0.3 is 19.2 Å². The number of benzene rings is 3. The minimum atomic E-state index is -1.03. The Bertz CT molecular complexity index is 1420. The van der Waals surface area contributed by atoms with Crippen molar-refractivity contribution >= 4 is 33.8 Å². The predicted octanol–water partition coefficient (Wildman–Crippen LogP) is 5.96. The van der Waals surface area contributed by atoms with E-state index in [1.165, 1.54) is 6.07 Å². The van der Waals surface area contributed by atoms with Crippen molar-refractivity contribution in [1.82, 2.24) is 9.55 Å². The van der Waals surface area contributed by atoms with Gasteiger partial charge in [-0.3, -0.25) is 4.79 Å². The predicted molar refractivity (Wildman–Crippen MR) is 141 cm³/mol. The summed E-state index contributed by atoms with van der Waals surface area (Å²) in [5.41, 5.74) is 1.88. The van der Waals surface area contributed by atoms with Crippen molar-refractivity contribution in [3.63, 3.8) is 0 Å². The Morgan fingerprint density at radius 1 is 1.08 bits per heavy atom. The molecule has 0 saturated carbocycles. The van der Waals surface area contributed by atoms with Gasteiger partial charge in [0.05, 0.1) is 17.5 Å². The summed E-state index contributed by atoms with van der Waals surface area (Å²) in [7, 11) is 0. The van der Waals surface area contributed by atoms with Gasteiger partial charge in [0.15, 0.2) is 27.9 Å². The lowest BCUT2D eigenvalue weighted by Gasteiger charge is -2.26. The molecule has 1 heterocycles. The van der Waals surface area contributed by atoms with Crippen LogP contribution in [-0.4, -0.2) is 25.8 Å². The summed E-state index contributed by atoms with van der Waals surface area (Å²) < 4.78 is 47.4. The zero-order valence-electron chi connectivity index (χ0n) is 21.2. The Labute approximate surface area is 217 Å². The second kappa shape index (κ2) is 10.9. The molecule has 9 heteroatoms. The number of carbonyl (C=O) groups excluding carboxylic acids is 1. The molecule has 194 valence electrons. The largest absolute Gasteiger partial charge is 0.611 e. The van der Waals surface area contributed by atoms with Crippen molar-refractivity contribution in [2.75, 3.05) is 11.1 Å². The number of carbonyl (C=O) groups is 1. The standard InChI is InChI=1S/C28H29F2N3O3S/c1-5-33-24-13-10-20(31-26(34)15-18-7-11-21(12-8-18)37(35)6-2)17-23(24)32-27(33)28(3,4)36-25-14-9-19(29)16-22(25)30/h7-14,16-17H,5-6,15H2,1-4H3,(H,31,34). The molecule has 0 radical (unpaired) electrons. The number of hydrogen-bond donors (Lipinski definition) is 1. The van der Waals surface area contributed by atoms with Crippen LogP contribution in [0.5, 0.6) is 5.75 Å². The van der Waals surface area contributed by atoms with Crippen LogP contribution in [0.25, 0.3) is 11.0 Å². The van der Waals surface area contributed by atoms with E-state index in [1.807, 2.05) is 36.6 Å². The van der Waals surface area contributed by atoms with Gasteiger partial charge in [-0.25, -0.2) is 13.8 Å². The molecule has 0 aliphatic heterocycles. The Kier molecular flexibility index (Phi) is 7.85. The minimum Gasteiger partial charge on any atom is -0.611 e. The van der Waals surface area contributed by atoms with Crippen LogP contribution in [-0.2, 0) is 34.5 Å². The summed E-state index contributed by atoms with van der Waals surface area (Å²) in [6.45, 7) is 7.96. The Hall–Kier alpha value is -3.43. The number of aryl methyl sites for hydroxylation is 1. The maximum Gasteiger partial charge on any atom is 0.228 e. The van der Waals surface area contributed by atoms with Crippen LogP contribution in [0, 0.1) is 11.6 Å². The van der Waals surface area contributed by atoms with Crippen LogP contribution in [0.1, 0.15) is 39.1 Å². The van der Waals surface area contributed by atoms with Crippen molar-refractivity contribution in [1.29, 1.82) is 0 Å². The molecular formula is C28H29F2N3O3S. The highest BCUT2D eigenvalue weighted by molar-refractivity contribution is 7.91. The minimum absolute atomic E-state index is 0.0666. The Morgan fingerprint density at radius 3 is 2.46 bits per heavy atom. The number of halogens is 2. The molecule has 0 saturated heterocycles. The molecule has 4 rings (SSSR count). The van der Waals surface area contributed by atoms with Crippen molar-refractivity contribution in [3.05, 3.63) is 83.7 Å². The third-order valence-corrected chi connectivity index (χ3v) is 7.28. The normalized spacial score (nSPS) is 12.5. The first-order valence-corrected chi connectivity index (χ1v) is 13.3. The molecule has 3 aromatic carbocycles. The summed E-state index contributed by atoms with van der Waals surface area (Å²) in [4.78, 5) is 18.2. The average molecular weight is 526 g/mol. The van der Waals surface area contributed by atoms with Crippen molar-refractivity contribution in [3.8, 4) is 5.75 Å². The highest BCUT2D eigenvalue weighted by Gasteiger charge is 2.31. The Balaban J connectivity index is 1.53. The number of anilines is 1. The number of hydrogen-bond acceptors (Lipinski definition) is 4. The monoisotopic (exact) mass is 525 g/mol. The van der Waals surface area contributed by atoms with Crippen LogP contribution in [0.4, 0.5) is 14.5 Å². The van der Waals surface area contributed by atoms with E-state index in [0.29, 0.717) is 29.3 Å². The average Bonchev–Trinajstić information content (AvgIpc) is 3.24. The molecule has 1 atom stereocenters. The molecule has 1 unspecified atom stereocenters. The zero-order valence-corrected chi connectivity index (χ0v) is 22.0. The summed E-state index contributed by atoms with van der Waals surface area (Å²) >= 11 is -1.03. The van der Waals surface area contributed by atoms with E-state index in [-0.39, 0.29) is 18.1 Å². The third-order valence-electron chi connectivity index (χ3n) is 5.96. The molecule has 0 spiro atoms. The van der Waals surface area contributed by atoms with Crippen molar-refractivity contribution < 1.29 is 22.9 Å². The molecule has 1 aromatic heterocycles. The number of imidazole rings is 1. The van der Waals surface area contributed by atoms with Crippen LogP contribution in [0.3, 0.4) is 0 Å². The fourth-order valence-electron chi connectivity index (χ4n) is 4.18. The maximum absolute atomic E-state index is 14.2. The molecule has 1 amide bonds. The molecule has 0 fully saturated rings. The number of nitrogens with zero attached hydrogens (tertiary/aromatic N) is 2. The van der Waals surface area contributed by atoms with E-state index in [2.05, 4.69) is 5.32 Å². The van der Waals surface area contributed by atoms with Gasteiger partial charge in [0.25, 0.3) is 0 Å². The molecule has 0 bridgehead atoms. The number of nitrogens with one attached hydrogen (secondary N) is 1. The van der Waals surface area contributed by atoms with Gasteiger partial charge in [-0.15, -0.1) is 0 Å². The molecule has 37 heavy (non-hydrogen) atoms. The SMILES string of the molecule is CCn1c(C(C)(C)Oc2ccc(F)cc2F)nc2cc(NC(=O)Cc3ccc([S+]([O-])CC)cc3)ccc21. The number of amides is 1. The van der Waals surface area contributed by atoms with E-state index in [9.17, 15) is 18.1 Å². The van der Waals surface area contributed by atoms with Gasteiger partial charge in [-0.05, 0) is 86.9 Å². The first-order valence-electron chi connectivity index (χ1n) is 12.0. The Morgan fingerprint density at radius 2 is 1.81 bits per heavy atom. The van der Waals surface area contributed by atoms with Crippen molar-refractivity contribution in [2.24, 2.45) is 0 Å². The van der Waals surface area contributed by atoms with Gasteiger partial charge >= 0.3 is 0 Å². The smallest absolute Gasteiger partial charge is 0.228 e. The van der Waals surface area contributed by atoms with Crippen LogP contribution in [0.2, 0.25) is 0 Å². The fraction of sp³-hybridized carbons (Fsp3) is 0.286. The van der Waals surface area contributed by atoms with Crippen LogP contribution < -0.4 is 10.1 Å². The molecule has 0 aliphatic rings. The first-order chi connectivity index (χ1) is 17.6. The zero-order chi connectivity index (χ0) is 26.7. The second-order valence-electron chi connectivity index (χ2n) is 9.07. The topological polar surface area (TPSA) is 79.2 Å². The number of rotatable bonds is 9. The fourth-order valence-corrected chi connectivity index (χ4v) is 4.96. The van der Waals surface area contributed by atoms with Crippen molar-refractivity contribution in [2.45, 2.75) is 51.2 Å². The number of fused-ring (bicyclic) bond motifs is 1. The van der Waals surface area contributed by atoms with Gasteiger partial charge in [0, 0.05) is 18.3 Å². The van der Waals surface area contributed by atoms with Gasteiger partial charge in [0.2, 0.25) is 5.91 Å². The molecule has 0 aliphatic carbocycles. The highest BCUT2D eigenvalue weighted by atomic mass is 32.2. The van der Waals surface area contributed by atoms with E-state index in [4.69, 9.17) is 9.72 Å². The van der Waals surface area contributed by atoms with E-state index < -0.39 is 28.4 Å². The summed E-state index contributed by atoms with van der Waals surface area (Å²) in [5.74, 6) is -0.600. The molecule has 1 N–H and O–H groups in total. The summed E-state index contributed by atoms with van der Waals surface area (Å²) in [6, 6.07) is 15.8. The lowest BCUT2D eigenvalue weighted by molar-refractivity contribution is -0.115. The lowest BCUT2D eigenvalue weighted by Crippen LogP contribution is -2.30. The quantitative estimate of drug-likeness (QED) is 0.274.